The van der Waals surface area contributed by atoms with E-state index in [1.165, 1.54) is 18.2 Å². The van der Waals surface area contributed by atoms with E-state index in [1.807, 2.05) is 9.62 Å². The van der Waals surface area contributed by atoms with E-state index in [0.29, 0.717) is 24.1 Å². The van der Waals surface area contributed by atoms with E-state index >= 15 is 0 Å². The standard InChI is InChI=1S/C20H19FN2O5S/c1-2-27-16-5-3-4-6-19(16)29(25,26)22-20(24)18-9-13-7-8-15(10-17(13)28-18)23-11-14(21)12-23/h3-10,14H,2,11-12H2,1H3,(H,22,24). The summed E-state index contributed by atoms with van der Waals surface area (Å²) in [6.45, 7) is 2.65. The van der Waals surface area contributed by atoms with Gasteiger partial charge in [-0.25, -0.2) is 17.5 Å². The highest BCUT2D eigenvalue weighted by Gasteiger charge is 2.27. The molecule has 1 fully saturated rings. The molecule has 0 spiro atoms. The number of anilines is 1. The van der Waals surface area contributed by atoms with Crippen molar-refractivity contribution in [3.63, 3.8) is 0 Å². The van der Waals surface area contributed by atoms with Gasteiger partial charge in [-0.2, -0.15) is 0 Å². The highest BCUT2D eigenvalue weighted by molar-refractivity contribution is 7.90. The van der Waals surface area contributed by atoms with Gasteiger partial charge in [0.25, 0.3) is 10.0 Å². The summed E-state index contributed by atoms with van der Waals surface area (Å²) in [5.41, 5.74) is 1.20. The molecule has 2 heterocycles. The Hall–Kier alpha value is -3.07. The summed E-state index contributed by atoms with van der Waals surface area (Å²) < 4.78 is 51.3. The third-order valence-electron chi connectivity index (χ3n) is 4.60. The van der Waals surface area contributed by atoms with E-state index in [0.717, 1.165) is 5.69 Å². The Morgan fingerprint density at radius 2 is 2.00 bits per heavy atom. The first-order chi connectivity index (χ1) is 13.9. The van der Waals surface area contributed by atoms with Crippen molar-refractivity contribution in [2.45, 2.75) is 18.0 Å². The predicted molar refractivity (Wildman–Crippen MR) is 106 cm³/mol. The molecular formula is C20H19FN2O5S. The minimum Gasteiger partial charge on any atom is -0.492 e. The number of furan rings is 1. The van der Waals surface area contributed by atoms with Gasteiger partial charge in [0, 0.05) is 17.1 Å². The van der Waals surface area contributed by atoms with Crippen molar-refractivity contribution in [2.24, 2.45) is 0 Å². The molecule has 0 unspecified atom stereocenters. The van der Waals surface area contributed by atoms with Gasteiger partial charge in [0.15, 0.2) is 5.76 Å². The lowest BCUT2D eigenvalue weighted by Crippen LogP contribution is -2.48. The number of nitrogens with zero attached hydrogens (tertiary/aromatic N) is 1. The summed E-state index contributed by atoms with van der Waals surface area (Å²) in [5, 5.41) is 0.642. The van der Waals surface area contributed by atoms with Gasteiger partial charge in [-0.3, -0.25) is 4.79 Å². The predicted octanol–water partition coefficient (Wildman–Crippen LogP) is 3.11. The number of alkyl halides is 1. The second-order valence-electron chi connectivity index (χ2n) is 6.65. The van der Waals surface area contributed by atoms with Crippen molar-refractivity contribution in [1.29, 1.82) is 0 Å². The number of halogens is 1. The first kappa shape index (κ1) is 19.3. The zero-order valence-electron chi connectivity index (χ0n) is 15.6. The Morgan fingerprint density at radius 3 is 2.72 bits per heavy atom. The Balaban J connectivity index is 1.57. The zero-order valence-corrected chi connectivity index (χ0v) is 16.4. The molecule has 4 rings (SSSR count). The third kappa shape index (κ3) is 3.77. The van der Waals surface area contributed by atoms with E-state index < -0.39 is 22.1 Å². The number of hydrogen-bond donors (Lipinski definition) is 1. The Labute approximate surface area is 167 Å². The van der Waals surface area contributed by atoms with Crippen molar-refractivity contribution in [1.82, 2.24) is 4.72 Å². The van der Waals surface area contributed by atoms with Gasteiger partial charge < -0.3 is 14.1 Å². The number of para-hydroxylation sites is 1. The quantitative estimate of drug-likeness (QED) is 0.662. The van der Waals surface area contributed by atoms with Gasteiger partial charge >= 0.3 is 5.91 Å². The summed E-state index contributed by atoms with van der Waals surface area (Å²) in [7, 11) is -4.15. The molecule has 9 heteroatoms. The van der Waals surface area contributed by atoms with Gasteiger partial charge in [0.05, 0.1) is 19.7 Å². The molecule has 1 saturated heterocycles. The number of ether oxygens (including phenoxy) is 1. The van der Waals surface area contributed by atoms with Gasteiger partial charge in [-0.15, -0.1) is 0 Å². The van der Waals surface area contributed by atoms with Crippen molar-refractivity contribution in [2.75, 3.05) is 24.6 Å². The molecule has 0 bridgehead atoms. The minimum absolute atomic E-state index is 0.132. The molecule has 2 aromatic carbocycles. The highest BCUT2D eigenvalue weighted by Crippen LogP contribution is 2.29. The van der Waals surface area contributed by atoms with Crippen molar-refractivity contribution in [3.05, 3.63) is 54.3 Å². The molecule has 0 radical (unpaired) electrons. The van der Waals surface area contributed by atoms with Gasteiger partial charge in [0.2, 0.25) is 0 Å². The number of nitrogens with one attached hydrogen (secondary N) is 1. The SMILES string of the molecule is CCOc1ccccc1S(=O)(=O)NC(=O)c1cc2ccc(N3CC(F)C3)cc2o1. The van der Waals surface area contributed by atoms with Crippen molar-refractivity contribution >= 4 is 32.6 Å². The van der Waals surface area contributed by atoms with Crippen LogP contribution in [0.2, 0.25) is 0 Å². The van der Waals surface area contributed by atoms with Crippen LogP contribution < -0.4 is 14.4 Å². The van der Waals surface area contributed by atoms with Crippen LogP contribution in [0.15, 0.2) is 57.8 Å². The molecule has 1 N–H and O–H groups in total. The number of hydrogen-bond acceptors (Lipinski definition) is 6. The van der Waals surface area contributed by atoms with Crippen molar-refractivity contribution in [3.8, 4) is 5.75 Å². The summed E-state index contributed by atoms with van der Waals surface area (Å²) in [4.78, 5) is 14.2. The Bertz CT molecular complexity index is 1170. The lowest BCUT2D eigenvalue weighted by Gasteiger charge is -2.36. The third-order valence-corrected chi connectivity index (χ3v) is 5.97. The van der Waals surface area contributed by atoms with Crippen LogP contribution in [0.1, 0.15) is 17.5 Å². The molecule has 1 amide bonds. The fraction of sp³-hybridized carbons (Fsp3) is 0.250. The van der Waals surface area contributed by atoms with Crippen LogP contribution in [0.3, 0.4) is 0 Å². The van der Waals surface area contributed by atoms with Crippen LogP contribution in [0.5, 0.6) is 5.75 Å². The largest absolute Gasteiger partial charge is 0.492 e. The molecule has 1 aliphatic rings. The van der Waals surface area contributed by atoms with E-state index in [4.69, 9.17) is 9.15 Å². The fourth-order valence-corrected chi connectivity index (χ4v) is 4.24. The number of rotatable bonds is 6. The van der Waals surface area contributed by atoms with Gasteiger partial charge in [-0.05, 0) is 37.3 Å². The molecule has 152 valence electrons. The van der Waals surface area contributed by atoms with E-state index in [2.05, 4.69) is 0 Å². The van der Waals surface area contributed by atoms with Crippen LogP contribution >= 0.6 is 0 Å². The van der Waals surface area contributed by atoms with Crippen LogP contribution in [0, 0.1) is 0 Å². The molecule has 0 atom stereocenters. The summed E-state index contributed by atoms with van der Waals surface area (Å²) in [5.74, 6) is -0.867. The lowest BCUT2D eigenvalue weighted by atomic mass is 10.1. The van der Waals surface area contributed by atoms with Crippen molar-refractivity contribution < 1.29 is 26.8 Å². The number of fused-ring (bicyclic) bond motifs is 1. The van der Waals surface area contributed by atoms with E-state index in [9.17, 15) is 17.6 Å². The Kier molecular flexibility index (Phi) is 4.91. The second-order valence-corrected chi connectivity index (χ2v) is 8.30. The second kappa shape index (κ2) is 7.40. The maximum absolute atomic E-state index is 13.1. The maximum atomic E-state index is 13.1. The monoisotopic (exact) mass is 418 g/mol. The number of amides is 1. The molecule has 0 saturated carbocycles. The normalized spacial score (nSPS) is 14.6. The van der Waals surface area contributed by atoms with Crippen LogP contribution in [0.25, 0.3) is 11.0 Å². The smallest absolute Gasteiger partial charge is 0.300 e. The number of carbonyl (C=O) groups excluding carboxylic acids is 1. The maximum Gasteiger partial charge on any atom is 0.300 e. The molecule has 1 aliphatic heterocycles. The number of benzene rings is 2. The number of carbonyl (C=O) groups is 1. The molecule has 0 aliphatic carbocycles. The highest BCUT2D eigenvalue weighted by atomic mass is 32.2. The molecule has 1 aromatic heterocycles. The van der Waals surface area contributed by atoms with Crippen LogP contribution in [-0.4, -0.2) is 40.2 Å². The summed E-state index contributed by atoms with van der Waals surface area (Å²) in [6, 6.07) is 12.8. The average molecular weight is 418 g/mol. The van der Waals surface area contributed by atoms with Crippen LogP contribution in [-0.2, 0) is 10.0 Å². The molecule has 29 heavy (non-hydrogen) atoms. The average Bonchev–Trinajstić information content (AvgIpc) is 3.09. The van der Waals surface area contributed by atoms with Gasteiger partial charge in [-0.1, -0.05) is 12.1 Å². The summed E-state index contributed by atoms with van der Waals surface area (Å²) in [6.07, 6.45) is -0.839. The first-order valence-corrected chi connectivity index (χ1v) is 10.6. The van der Waals surface area contributed by atoms with Gasteiger partial charge in [0.1, 0.15) is 22.4 Å². The first-order valence-electron chi connectivity index (χ1n) is 9.09. The number of sulfonamides is 1. The lowest BCUT2D eigenvalue weighted by molar-refractivity contribution is 0.0956. The van der Waals surface area contributed by atoms with Crippen LogP contribution in [0.4, 0.5) is 10.1 Å². The zero-order chi connectivity index (χ0) is 20.6. The topological polar surface area (TPSA) is 88.8 Å². The molecular weight excluding hydrogens is 399 g/mol. The fourth-order valence-electron chi connectivity index (χ4n) is 3.14. The minimum atomic E-state index is -4.15. The molecule has 3 aromatic rings. The molecule has 7 nitrogen and oxygen atoms in total. The summed E-state index contributed by atoms with van der Waals surface area (Å²) >= 11 is 0. The van der Waals surface area contributed by atoms with E-state index in [-0.39, 0.29) is 23.0 Å². The Morgan fingerprint density at radius 1 is 1.24 bits per heavy atom. The van der Waals surface area contributed by atoms with E-state index in [1.54, 1.807) is 37.3 Å².